The van der Waals surface area contributed by atoms with Crippen LogP contribution in [0.5, 0.6) is 11.6 Å². The highest BCUT2D eigenvalue weighted by Crippen LogP contribution is 2.40. The summed E-state index contributed by atoms with van der Waals surface area (Å²) in [6.07, 6.45) is 0.827. The van der Waals surface area contributed by atoms with Crippen LogP contribution in [0.2, 0.25) is 0 Å². The van der Waals surface area contributed by atoms with Gasteiger partial charge in [0.05, 0.1) is 16.3 Å². The van der Waals surface area contributed by atoms with Crippen molar-refractivity contribution in [2.45, 2.75) is 69.5 Å². The summed E-state index contributed by atoms with van der Waals surface area (Å²) in [5.41, 5.74) is -1.67. The lowest BCUT2D eigenvalue weighted by Gasteiger charge is -2.34. The van der Waals surface area contributed by atoms with Crippen LogP contribution < -0.4 is 9.64 Å². The molecule has 0 radical (unpaired) electrons. The van der Waals surface area contributed by atoms with E-state index in [2.05, 4.69) is 16.9 Å². The van der Waals surface area contributed by atoms with Crippen molar-refractivity contribution in [2.75, 3.05) is 4.90 Å². The van der Waals surface area contributed by atoms with Gasteiger partial charge in [0.2, 0.25) is 11.8 Å². The van der Waals surface area contributed by atoms with E-state index < -0.39 is 46.8 Å². The summed E-state index contributed by atoms with van der Waals surface area (Å²) < 4.78 is 62.6. The minimum Gasteiger partial charge on any atom is -0.478 e. The minimum atomic E-state index is -4.89. The average Bonchev–Trinajstić information content (AvgIpc) is 2.93. The van der Waals surface area contributed by atoms with E-state index >= 15 is 4.39 Å². The quantitative estimate of drug-likeness (QED) is 0.195. The Balaban J connectivity index is 1.66. The fraction of sp³-hybridized carbons (Fsp3) is 0.400. The summed E-state index contributed by atoms with van der Waals surface area (Å²) in [5.74, 6) is -4.33. The van der Waals surface area contributed by atoms with E-state index in [1.54, 1.807) is 38.2 Å². The molecule has 0 saturated heterocycles. The Bertz CT molecular complexity index is 1430. The van der Waals surface area contributed by atoms with Crippen LogP contribution in [-0.4, -0.2) is 33.0 Å². The molecule has 224 valence electrons. The van der Waals surface area contributed by atoms with Crippen molar-refractivity contribution in [1.82, 2.24) is 9.97 Å². The molecule has 7 nitrogen and oxygen atoms in total. The van der Waals surface area contributed by atoms with Crippen LogP contribution in [0.4, 0.5) is 23.2 Å². The van der Waals surface area contributed by atoms with Crippen molar-refractivity contribution in [3.05, 3.63) is 71.3 Å². The van der Waals surface area contributed by atoms with Crippen LogP contribution in [0.25, 0.3) is 0 Å². The number of ether oxygens (including phenoxy) is 1. The number of alkyl halides is 3. The molecule has 12 heteroatoms. The number of nitrogens with zero attached hydrogens (tertiary/aromatic N) is 3. The zero-order valence-electron chi connectivity index (χ0n) is 23.3. The maximum atomic E-state index is 15.4. The van der Waals surface area contributed by atoms with Crippen LogP contribution in [0.1, 0.15) is 67.9 Å². The number of hydrogen-bond acceptors (Lipinski definition) is 6. The van der Waals surface area contributed by atoms with Gasteiger partial charge in [-0.3, -0.25) is 4.79 Å². The summed E-state index contributed by atoms with van der Waals surface area (Å²) in [6, 6.07) is 7.16. The van der Waals surface area contributed by atoms with Gasteiger partial charge in [-0.25, -0.2) is 19.2 Å². The Morgan fingerprint density at radius 2 is 1.83 bits per heavy atom. The number of hydrogen-bond donors (Lipinski definition) is 1. The Labute approximate surface area is 245 Å². The largest absolute Gasteiger partial charge is 0.478 e. The Kier molecular flexibility index (Phi) is 9.75. The topological polar surface area (TPSA) is 92.6 Å². The van der Waals surface area contributed by atoms with Crippen LogP contribution in [0, 0.1) is 17.7 Å². The molecule has 1 saturated carbocycles. The molecule has 1 aliphatic carbocycles. The van der Waals surface area contributed by atoms with Gasteiger partial charge < -0.3 is 14.7 Å². The summed E-state index contributed by atoms with van der Waals surface area (Å²) in [5, 5.41) is 10.6. The van der Waals surface area contributed by atoms with Gasteiger partial charge in [-0.05, 0) is 69.2 Å². The second-order valence-corrected chi connectivity index (χ2v) is 11.6. The zero-order chi connectivity index (χ0) is 30.6. The smallest absolute Gasteiger partial charge is 0.421 e. The average molecular weight is 606 g/mol. The van der Waals surface area contributed by atoms with Gasteiger partial charge >= 0.3 is 12.1 Å². The fourth-order valence-corrected chi connectivity index (χ4v) is 5.68. The minimum absolute atomic E-state index is 0.137. The van der Waals surface area contributed by atoms with Gasteiger partial charge in [0.25, 0.3) is 0 Å². The molecule has 3 aromatic rings. The van der Waals surface area contributed by atoms with E-state index in [-0.39, 0.29) is 28.8 Å². The van der Waals surface area contributed by atoms with Crippen molar-refractivity contribution in [3.63, 3.8) is 0 Å². The number of carboxylic acids is 1. The summed E-state index contributed by atoms with van der Waals surface area (Å²) >= 11 is 1.21. The number of halogens is 4. The molecule has 0 atom stereocenters. The van der Waals surface area contributed by atoms with Crippen molar-refractivity contribution in [3.8, 4) is 11.6 Å². The van der Waals surface area contributed by atoms with Crippen LogP contribution in [-0.2, 0) is 16.7 Å². The van der Waals surface area contributed by atoms with Crippen molar-refractivity contribution in [2.24, 2.45) is 11.8 Å². The molecule has 0 spiro atoms. The fourth-order valence-electron chi connectivity index (χ4n) is 4.90. The molecule has 1 amide bonds. The number of aromatic nitrogens is 2. The second-order valence-electron chi connectivity index (χ2n) is 10.6. The van der Waals surface area contributed by atoms with Gasteiger partial charge in [-0.15, -0.1) is 11.8 Å². The molecule has 1 N–H and O–H groups in total. The monoisotopic (exact) mass is 605 g/mol. The van der Waals surface area contributed by atoms with E-state index in [0.717, 1.165) is 31.0 Å². The molecule has 42 heavy (non-hydrogen) atoms. The summed E-state index contributed by atoms with van der Waals surface area (Å²) in [4.78, 5) is 34.9. The van der Waals surface area contributed by atoms with Crippen LogP contribution >= 0.6 is 11.8 Å². The van der Waals surface area contributed by atoms with Gasteiger partial charge in [-0.2, -0.15) is 13.2 Å². The van der Waals surface area contributed by atoms with E-state index in [1.807, 2.05) is 0 Å². The highest BCUT2D eigenvalue weighted by atomic mass is 32.2. The predicted octanol–water partition coefficient (Wildman–Crippen LogP) is 7.99. The summed E-state index contributed by atoms with van der Waals surface area (Å²) in [7, 11) is 0. The molecule has 2 heterocycles. The lowest BCUT2D eigenvalue weighted by atomic mass is 9.82. The number of carbonyl (C=O) groups is 2. The summed E-state index contributed by atoms with van der Waals surface area (Å²) in [6.45, 7) is 5.47. The number of amides is 1. The van der Waals surface area contributed by atoms with E-state index in [4.69, 9.17) is 4.74 Å². The molecule has 0 aliphatic heterocycles. The van der Waals surface area contributed by atoms with Gasteiger partial charge in [0.1, 0.15) is 5.56 Å². The first-order chi connectivity index (χ1) is 19.8. The first kappa shape index (κ1) is 31.3. The third-order valence-corrected chi connectivity index (χ3v) is 8.12. The van der Waals surface area contributed by atoms with Crippen molar-refractivity contribution in [1.29, 1.82) is 0 Å². The predicted molar refractivity (Wildman–Crippen MR) is 150 cm³/mol. The highest BCUT2D eigenvalue weighted by molar-refractivity contribution is 7.98. The van der Waals surface area contributed by atoms with E-state index in [1.165, 1.54) is 22.9 Å². The molecule has 1 aromatic carbocycles. The lowest BCUT2D eigenvalue weighted by Crippen LogP contribution is -2.43. The van der Waals surface area contributed by atoms with Crippen molar-refractivity contribution >= 4 is 29.3 Å². The zero-order valence-corrected chi connectivity index (χ0v) is 24.1. The number of benzene rings is 1. The van der Waals surface area contributed by atoms with Crippen LogP contribution in [0.15, 0.2) is 53.8 Å². The lowest BCUT2D eigenvalue weighted by molar-refractivity contribution is -0.139. The Morgan fingerprint density at radius 3 is 2.43 bits per heavy atom. The number of carbonyl (C=O) groups excluding carboxylic acids is 1. The van der Waals surface area contributed by atoms with E-state index in [9.17, 15) is 27.9 Å². The first-order valence-electron chi connectivity index (χ1n) is 13.5. The maximum absolute atomic E-state index is 15.4. The van der Waals surface area contributed by atoms with E-state index in [0.29, 0.717) is 23.8 Å². The normalized spacial score (nSPS) is 17.2. The number of pyridine rings is 2. The maximum Gasteiger partial charge on any atom is 0.421 e. The number of rotatable bonds is 9. The molecule has 4 rings (SSSR count). The van der Waals surface area contributed by atoms with Crippen LogP contribution in [0.3, 0.4) is 0 Å². The Hall–Kier alpha value is -3.67. The third kappa shape index (κ3) is 7.39. The number of carboxylic acid groups (broad SMARTS) is 1. The standard InChI is InChI=1S/C30H31F4N3O4S/c1-17(2)37(28(38)20-9-7-18(3)8-10-20)24-14-23(31)25(13-21(24)29(39)40)41-27-22(30(32,33)34)12-19(15-36-27)16-42-26-6-4-5-11-35-26/h4-6,11-15,17-18,20H,7-10,16H2,1-3H3,(H,39,40). The number of anilines is 1. The molecule has 1 fully saturated rings. The molecule has 1 aliphatic rings. The molecular formula is C30H31F4N3O4S. The molecule has 0 unspecified atom stereocenters. The van der Waals surface area contributed by atoms with Gasteiger partial charge in [-0.1, -0.05) is 13.0 Å². The Morgan fingerprint density at radius 1 is 1.12 bits per heavy atom. The van der Waals surface area contributed by atoms with Gasteiger partial charge in [0, 0.05) is 42.2 Å². The number of aromatic carboxylic acids is 1. The highest BCUT2D eigenvalue weighted by Gasteiger charge is 2.37. The van der Waals surface area contributed by atoms with Gasteiger partial charge in [0.15, 0.2) is 11.6 Å². The first-order valence-corrected chi connectivity index (χ1v) is 14.5. The third-order valence-electron chi connectivity index (χ3n) is 7.10. The second kappa shape index (κ2) is 13.1. The van der Waals surface area contributed by atoms with Crippen molar-refractivity contribution < 1.29 is 37.0 Å². The molecule has 0 bridgehead atoms. The SMILES string of the molecule is CC1CCC(C(=O)N(c2cc(F)c(Oc3ncc(CSc4ccccn4)cc3C(F)(F)F)cc2C(=O)O)C(C)C)CC1. The molecular weight excluding hydrogens is 574 g/mol. The number of thioether (sulfide) groups is 1. The molecule has 2 aromatic heterocycles.